The normalized spacial score (nSPS) is 15.3. The van der Waals surface area contributed by atoms with Crippen molar-refractivity contribution in [1.29, 1.82) is 0 Å². The Labute approximate surface area is 127 Å². The second kappa shape index (κ2) is 6.44. The molecule has 0 radical (unpaired) electrons. The fraction of sp³-hybridized carbons (Fsp3) is 0.357. The fourth-order valence-corrected chi connectivity index (χ4v) is 2.21. The average molecular weight is 300 g/mol. The summed E-state index contributed by atoms with van der Waals surface area (Å²) in [4.78, 5) is 26.1. The molecule has 0 spiro atoms. The van der Waals surface area contributed by atoms with Crippen LogP contribution in [0.5, 0.6) is 0 Å². The second-order valence-corrected chi connectivity index (χ2v) is 5.01. The van der Waals surface area contributed by atoms with Crippen LogP contribution in [-0.4, -0.2) is 57.1 Å². The molecule has 2 aromatic heterocycles. The van der Waals surface area contributed by atoms with Crippen LogP contribution in [0.25, 0.3) is 11.6 Å². The zero-order chi connectivity index (χ0) is 15.4. The van der Waals surface area contributed by atoms with Crippen LogP contribution in [0.3, 0.4) is 0 Å². The van der Waals surface area contributed by atoms with Gasteiger partial charge in [0, 0.05) is 32.0 Å². The largest absolute Gasteiger partial charge is 0.352 e. The van der Waals surface area contributed by atoms with E-state index in [-0.39, 0.29) is 11.8 Å². The Bertz CT molecular complexity index is 650. The molecule has 0 bridgehead atoms. The highest BCUT2D eigenvalue weighted by molar-refractivity contribution is 5.78. The Morgan fingerprint density at radius 2 is 2.18 bits per heavy atom. The summed E-state index contributed by atoms with van der Waals surface area (Å²) in [6.45, 7) is 5.86. The number of nitrogens with zero attached hydrogens (tertiary/aromatic N) is 5. The summed E-state index contributed by atoms with van der Waals surface area (Å²) in [6, 6.07) is 1.73. The first kappa shape index (κ1) is 14.3. The number of rotatable bonds is 6. The molecule has 1 fully saturated rings. The maximum Gasteiger partial charge on any atom is 0.240 e. The molecule has 3 heterocycles. The molecule has 1 amide bonds. The van der Waals surface area contributed by atoms with E-state index in [4.69, 9.17) is 4.52 Å². The smallest absolute Gasteiger partial charge is 0.240 e. The van der Waals surface area contributed by atoms with Crippen molar-refractivity contribution in [2.75, 3.05) is 26.2 Å². The van der Waals surface area contributed by atoms with Gasteiger partial charge in [-0.25, -0.2) is 9.97 Å². The molecule has 1 aliphatic rings. The lowest BCUT2D eigenvalue weighted by molar-refractivity contribution is -0.123. The molecule has 8 heteroatoms. The summed E-state index contributed by atoms with van der Waals surface area (Å²) in [5.74, 6) is 1.53. The van der Waals surface area contributed by atoms with Crippen LogP contribution in [-0.2, 0) is 4.79 Å². The van der Waals surface area contributed by atoms with E-state index in [1.807, 2.05) is 4.90 Å². The molecule has 0 saturated carbocycles. The van der Waals surface area contributed by atoms with E-state index in [1.54, 1.807) is 24.5 Å². The summed E-state index contributed by atoms with van der Waals surface area (Å²) in [5.41, 5.74) is 0. The van der Waals surface area contributed by atoms with Crippen molar-refractivity contribution in [1.82, 2.24) is 30.3 Å². The number of hydrogen-bond acceptors (Lipinski definition) is 7. The maximum absolute atomic E-state index is 11.6. The minimum Gasteiger partial charge on any atom is -0.352 e. The quantitative estimate of drug-likeness (QED) is 0.762. The Kier molecular flexibility index (Phi) is 4.19. The average Bonchev–Trinajstić information content (AvgIpc) is 2.98. The van der Waals surface area contributed by atoms with Crippen LogP contribution in [0.15, 0.2) is 35.6 Å². The summed E-state index contributed by atoms with van der Waals surface area (Å²) >= 11 is 0. The lowest BCUT2D eigenvalue weighted by atomic mass is 10.0. The molecule has 2 aromatic rings. The molecule has 0 aromatic carbocycles. The van der Waals surface area contributed by atoms with Crippen LogP contribution >= 0.6 is 0 Å². The van der Waals surface area contributed by atoms with Crippen molar-refractivity contribution in [2.45, 2.75) is 5.92 Å². The van der Waals surface area contributed by atoms with E-state index in [2.05, 4.69) is 32.0 Å². The zero-order valence-electron chi connectivity index (χ0n) is 12.0. The van der Waals surface area contributed by atoms with Gasteiger partial charge in [0.15, 0.2) is 0 Å². The second-order valence-electron chi connectivity index (χ2n) is 5.01. The number of hydrogen-bond donors (Lipinski definition) is 1. The first-order chi connectivity index (χ1) is 10.8. The molecular formula is C14H16N6O2. The van der Waals surface area contributed by atoms with E-state index in [0.717, 1.165) is 13.1 Å². The van der Waals surface area contributed by atoms with E-state index in [1.165, 1.54) is 0 Å². The molecule has 1 aliphatic heterocycles. The van der Waals surface area contributed by atoms with Gasteiger partial charge in [-0.1, -0.05) is 11.2 Å². The third-order valence-corrected chi connectivity index (χ3v) is 3.32. The van der Waals surface area contributed by atoms with Gasteiger partial charge in [0.25, 0.3) is 0 Å². The highest BCUT2D eigenvalue weighted by Gasteiger charge is 2.33. The monoisotopic (exact) mass is 300 g/mol. The maximum atomic E-state index is 11.6. The first-order valence-corrected chi connectivity index (χ1v) is 6.97. The predicted molar refractivity (Wildman–Crippen MR) is 77.7 cm³/mol. The number of carbonyl (C=O) groups is 1. The van der Waals surface area contributed by atoms with Crippen LogP contribution in [0.1, 0.15) is 11.8 Å². The summed E-state index contributed by atoms with van der Waals surface area (Å²) in [7, 11) is 0. The van der Waals surface area contributed by atoms with Gasteiger partial charge >= 0.3 is 0 Å². The van der Waals surface area contributed by atoms with Gasteiger partial charge in [-0.15, -0.1) is 6.58 Å². The third kappa shape index (κ3) is 3.17. The molecule has 3 rings (SSSR count). The molecule has 0 aliphatic carbocycles. The molecule has 114 valence electrons. The number of carbonyl (C=O) groups excluding carboxylic acids is 1. The molecule has 1 N–H and O–H groups in total. The Morgan fingerprint density at radius 3 is 2.91 bits per heavy atom. The van der Waals surface area contributed by atoms with Gasteiger partial charge in [-0.05, 0) is 6.07 Å². The van der Waals surface area contributed by atoms with Crippen LogP contribution < -0.4 is 5.32 Å². The third-order valence-electron chi connectivity index (χ3n) is 3.32. The minimum absolute atomic E-state index is 0.0118. The number of amides is 1. The van der Waals surface area contributed by atoms with E-state index < -0.39 is 0 Å². The van der Waals surface area contributed by atoms with Crippen molar-refractivity contribution < 1.29 is 9.32 Å². The number of likely N-dealkylation sites (tertiary alicyclic amines) is 1. The number of nitrogens with one attached hydrogen (secondary N) is 1. The van der Waals surface area contributed by atoms with Crippen molar-refractivity contribution in [3.8, 4) is 11.6 Å². The van der Waals surface area contributed by atoms with E-state index in [9.17, 15) is 4.79 Å². The summed E-state index contributed by atoms with van der Waals surface area (Å²) in [5, 5.41) is 6.64. The van der Waals surface area contributed by atoms with Crippen molar-refractivity contribution in [3.63, 3.8) is 0 Å². The van der Waals surface area contributed by atoms with E-state index >= 15 is 0 Å². The molecule has 0 unspecified atom stereocenters. The highest BCUT2D eigenvalue weighted by atomic mass is 16.5. The molecule has 0 atom stereocenters. The van der Waals surface area contributed by atoms with Crippen LogP contribution in [0, 0.1) is 0 Å². The summed E-state index contributed by atoms with van der Waals surface area (Å²) < 4.78 is 5.26. The molecule has 1 saturated heterocycles. The van der Waals surface area contributed by atoms with Gasteiger partial charge in [0.1, 0.15) is 0 Å². The molecule has 22 heavy (non-hydrogen) atoms. The van der Waals surface area contributed by atoms with Crippen LogP contribution in [0.4, 0.5) is 0 Å². The van der Waals surface area contributed by atoms with Gasteiger partial charge < -0.3 is 9.84 Å². The molecule has 8 nitrogen and oxygen atoms in total. The topological polar surface area (TPSA) is 97.0 Å². The number of aromatic nitrogens is 4. The van der Waals surface area contributed by atoms with Gasteiger partial charge in [0.2, 0.25) is 23.4 Å². The first-order valence-electron chi connectivity index (χ1n) is 6.97. The van der Waals surface area contributed by atoms with Crippen LogP contribution in [0.2, 0.25) is 0 Å². The Balaban J connectivity index is 1.52. The summed E-state index contributed by atoms with van der Waals surface area (Å²) in [6.07, 6.45) is 4.92. The van der Waals surface area contributed by atoms with Gasteiger partial charge in [-0.2, -0.15) is 4.98 Å². The Hall–Kier alpha value is -2.61. The fourth-order valence-electron chi connectivity index (χ4n) is 2.21. The Morgan fingerprint density at radius 1 is 1.41 bits per heavy atom. The minimum atomic E-state index is -0.0118. The SMILES string of the molecule is C=CCNC(=O)CN1CC(c2nc(-c3ncccn3)no2)C1. The van der Waals surface area contributed by atoms with E-state index in [0.29, 0.717) is 30.6 Å². The van der Waals surface area contributed by atoms with Gasteiger partial charge in [0.05, 0.1) is 12.5 Å². The molecular weight excluding hydrogens is 284 g/mol. The lowest BCUT2D eigenvalue weighted by Crippen LogP contribution is -2.49. The van der Waals surface area contributed by atoms with Crippen molar-refractivity contribution in [3.05, 3.63) is 37.0 Å². The predicted octanol–water partition coefficient (Wildman–Crippen LogP) is 0.228. The zero-order valence-corrected chi connectivity index (χ0v) is 12.0. The highest BCUT2D eigenvalue weighted by Crippen LogP contribution is 2.26. The van der Waals surface area contributed by atoms with Crippen molar-refractivity contribution >= 4 is 5.91 Å². The van der Waals surface area contributed by atoms with Gasteiger partial charge in [-0.3, -0.25) is 9.69 Å². The standard InChI is InChI=1S/C14H16N6O2/c1-2-4-15-11(21)9-20-7-10(8-20)14-18-13(19-22-14)12-16-5-3-6-17-12/h2-3,5-6,10H,1,4,7-9H2,(H,15,21). The van der Waals surface area contributed by atoms with Crippen molar-refractivity contribution in [2.24, 2.45) is 0 Å². The lowest BCUT2D eigenvalue weighted by Gasteiger charge is -2.36.